The summed E-state index contributed by atoms with van der Waals surface area (Å²) in [7, 11) is -7.21. The van der Waals surface area contributed by atoms with Crippen molar-refractivity contribution in [3.8, 4) is 0 Å². The van der Waals surface area contributed by atoms with E-state index in [2.05, 4.69) is 0 Å². The van der Waals surface area contributed by atoms with Gasteiger partial charge in [-0.3, -0.25) is 0 Å². The van der Waals surface area contributed by atoms with E-state index in [0.29, 0.717) is 12.1 Å². The summed E-state index contributed by atoms with van der Waals surface area (Å²) in [6.45, 7) is 2.36. The van der Waals surface area contributed by atoms with Crippen LogP contribution in [0.25, 0.3) is 0 Å². The highest BCUT2D eigenvalue weighted by Gasteiger charge is 2.34. The molecule has 1 aromatic rings. The fraction of sp³-hybridized carbons (Fsp3) is 0.571. The van der Waals surface area contributed by atoms with Crippen molar-refractivity contribution in [3.05, 3.63) is 23.8 Å². The van der Waals surface area contributed by atoms with Crippen molar-refractivity contribution >= 4 is 32.3 Å². The summed E-state index contributed by atoms with van der Waals surface area (Å²) in [5.74, 6) is 0. The van der Waals surface area contributed by atoms with E-state index < -0.39 is 19.9 Å². The number of halogens is 1. The molecule has 1 atom stereocenters. The maximum atomic E-state index is 12.9. The predicted molar refractivity (Wildman–Crippen MR) is 92.1 cm³/mol. The van der Waals surface area contributed by atoms with Crippen molar-refractivity contribution in [1.29, 1.82) is 0 Å². The average Bonchev–Trinajstić information content (AvgIpc) is 2.46. The number of hydrogen-bond acceptors (Lipinski definition) is 5. The SMILES string of the molecule is Cc1ccc(S(C)(=O)=O)cc1S(=O)(=O)N1CCCCC1CN.Cl. The molecule has 1 heterocycles. The number of hydrogen-bond donors (Lipinski definition) is 1. The Balaban J connectivity index is 0.00000264. The van der Waals surface area contributed by atoms with Crippen molar-refractivity contribution in [3.63, 3.8) is 0 Å². The Morgan fingerprint density at radius 1 is 1.22 bits per heavy atom. The number of nitrogens with two attached hydrogens (primary N) is 1. The molecule has 0 bridgehead atoms. The first-order valence-corrected chi connectivity index (χ1v) is 10.5. The number of aryl methyl sites for hydroxylation is 1. The van der Waals surface area contributed by atoms with E-state index in [-0.39, 0.29) is 34.8 Å². The maximum absolute atomic E-state index is 12.9. The fourth-order valence-electron chi connectivity index (χ4n) is 2.74. The van der Waals surface area contributed by atoms with E-state index in [1.165, 1.54) is 22.5 Å². The molecule has 0 aromatic heterocycles. The molecule has 1 saturated heterocycles. The number of piperidine rings is 1. The van der Waals surface area contributed by atoms with Crippen LogP contribution in [0.4, 0.5) is 0 Å². The molecule has 2 N–H and O–H groups in total. The normalized spacial score (nSPS) is 20.0. The van der Waals surface area contributed by atoms with Gasteiger partial charge in [0, 0.05) is 25.4 Å². The quantitative estimate of drug-likeness (QED) is 0.846. The lowest BCUT2D eigenvalue weighted by Gasteiger charge is -2.34. The third kappa shape index (κ3) is 4.24. The molecule has 1 unspecified atom stereocenters. The lowest BCUT2D eigenvalue weighted by molar-refractivity contribution is 0.257. The Morgan fingerprint density at radius 2 is 1.87 bits per heavy atom. The molecule has 6 nitrogen and oxygen atoms in total. The first kappa shape index (κ1) is 20.4. The van der Waals surface area contributed by atoms with Crippen molar-refractivity contribution in [1.82, 2.24) is 4.31 Å². The van der Waals surface area contributed by atoms with Gasteiger partial charge < -0.3 is 5.73 Å². The van der Waals surface area contributed by atoms with Gasteiger partial charge in [-0.25, -0.2) is 16.8 Å². The van der Waals surface area contributed by atoms with Crippen LogP contribution in [0.5, 0.6) is 0 Å². The molecule has 132 valence electrons. The Morgan fingerprint density at radius 3 is 2.43 bits per heavy atom. The molecule has 0 saturated carbocycles. The van der Waals surface area contributed by atoms with Crippen LogP contribution < -0.4 is 5.73 Å². The molecule has 0 amide bonds. The summed E-state index contributed by atoms with van der Waals surface area (Å²) in [6, 6.07) is 3.99. The van der Waals surface area contributed by atoms with Gasteiger partial charge in [0.2, 0.25) is 10.0 Å². The Labute approximate surface area is 144 Å². The average molecular weight is 383 g/mol. The van der Waals surface area contributed by atoms with Crippen LogP contribution in [0.15, 0.2) is 28.0 Å². The van der Waals surface area contributed by atoms with Crippen LogP contribution in [-0.2, 0) is 19.9 Å². The molecular formula is C14H23ClN2O4S2. The highest BCUT2D eigenvalue weighted by molar-refractivity contribution is 7.91. The molecule has 0 spiro atoms. The lowest BCUT2D eigenvalue weighted by Crippen LogP contribution is -2.47. The van der Waals surface area contributed by atoms with Crippen molar-refractivity contribution in [2.75, 3.05) is 19.3 Å². The zero-order valence-electron chi connectivity index (χ0n) is 13.2. The zero-order valence-corrected chi connectivity index (χ0v) is 15.7. The smallest absolute Gasteiger partial charge is 0.243 e. The second-order valence-electron chi connectivity index (χ2n) is 5.70. The minimum Gasteiger partial charge on any atom is -0.329 e. The standard InChI is InChI=1S/C14H22N2O4S2.ClH/c1-11-6-7-13(21(2,17)18)9-14(11)22(19,20)16-8-4-3-5-12(16)10-15;/h6-7,9,12H,3-5,8,10,15H2,1-2H3;1H. The first-order valence-electron chi connectivity index (χ1n) is 7.20. The van der Waals surface area contributed by atoms with Crippen LogP contribution in [0.1, 0.15) is 24.8 Å². The third-order valence-corrected chi connectivity index (χ3v) is 7.22. The van der Waals surface area contributed by atoms with Gasteiger partial charge in [-0.2, -0.15) is 4.31 Å². The summed E-state index contributed by atoms with van der Waals surface area (Å²) in [4.78, 5) is 0.0637. The van der Waals surface area contributed by atoms with Gasteiger partial charge >= 0.3 is 0 Å². The molecule has 1 aromatic carbocycles. The zero-order chi connectivity index (χ0) is 16.5. The van der Waals surface area contributed by atoms with E-state index >= 15 is 0 Å². The number of benzene rings is 1. The summed E-state index contributed by atoms with van der Waals surface area (Å²) in [5.41, 5.74) is 6.24. The van der Waals surface area contributed by atoms with E-state index in [9.17, 15) is 16.8 Å². The van der Waals surface area contributed by atoms with E-state index in [1.54, 1.807) is 6.92 Å². The Hall–Kier alpha value is -0.670. The molecule has 1 aliphatic heterocycles. The molecular weight excluding hydrogens is 360 g/mol. The number of sulfone groups is 1. The maximum Gasteiger partial charge on any atom is 0.243 e. The second kappa shape index (κ2) is 7.48. The molecule has 1 fully saturated rings. The summed E-state index contributed by atoms with van der Waals surface area (Å²) in [5, 5.41) is 0. The van der Waals surface area contributed by atoms with E-state index in [0.717, 1.165) is 25.5 Å². The first-order chi connectivity index (χ1) is 10.2. The second-order valence-corrected chi connectivity index (χ2v) is 9.58. The van der Waals surface area contributed by atoms with Crippen LogP contribution in [-0.4, -0.2) is 46.5 Å². The molecule has 1 aliphatic rings. The largest absolute Gasteiger partial charge is 0.329 e. The van der Waals surface area contributed by atoms with Crippen LogP contribution in [0.3, 0.4) is 0 Å². The monoisotopic (exact) mass is 382 g/mol. The fourth-order valence-corrected chi connectivity index (χ4v) is 5.42. The van der Waals surface area contributed by atoms with Crippen LogP contribution in [0, 0.1) is 6.92 Å². The van der Waals surface area contributed by atoms with E-state index in [4.69, 9.17) is 5.73 Å². The summed E-state index contributed by atoms with van der Waals surface area (Å²) >= 11 is 0. The van der Waals surface area contributed by atoms with Crippen molar-refractivity contribution in [2.24, 2.45) is 5.73 Å². The van der Waals surface area contributed by atoms with Crippen LogP contribution >= 0.6 is 12.4 Å². The number of rotatable bonds is 4. The molecule has 0 aliphatic carbocycles. The van der Waals surface area contributed by atoms with Crippen molar-refractivity contribution < 1.29 is 16.8 Å². The third-order valence-electron chi connectivity index (χ3n) is 4.02. The van der Waals surface area contributed by atoms with Gasteiger partial charge in [-0.05, 0) is 37.5 Å². The predicted octanol–water partition coefficient (Wildman–Crippen LogP) is 1.32. The lowest BCUT2D eigenvalue weighted by atomic mass is 10.1. The molecule has 23 heavy (non-hydrogen) atoms. The molecule has 0 radical (unpaired) electrons. The highest BCUT2D eigenvalue weighted by Crippen LogP contribution is 2.28. The van der Waals surface area contributed by atoms with E-state index in [1.807, 2.05) is 0 Å². The summed E-state index contributed by atoms with van der Waals surface area (Å²) < 4.78 is 50.7. The van der Waals surface area contributed by atoms with Gasteiger partial charge in [0.05, 0.1) is 9.79 Å². The minimum absolute atomic E-state index is 0. The Bertz CT molecular complexity index is 763. The number of nitrogens with zero attached hydrogens (tertiary/aromatic N) is 1. The minimum atomic E-state index is -3.75. The molecule has 9 heteroatoms. The van der Waals surface area contributed by atoms with Crippen LogP contribution in [0.2, 0.25) is 0 Å². The number of sulfonamides is 1. The van der Waals surface area contributed by atoms with Gasteiger partial charge in [-0.1, -0.05) is 12.5 Å². The Kier molecular flexibility index (Phi) is 6.63. The topological polar surface area (TPSA) is 97.5 Å². The van der Waals surface area contributed by atoms with Gasteiger partial charge in [0.25, 0.3) is 0 Å². The van der Waals surface area contributed by atoms with Gasteiger partial charge in [0.1, 0.15) is 0 Å². The summed E-state index contributed by atoms with van der Waals surface area (Å²) in [6.07, 6.45) is 3.55. The molecule has 2 rings (SSSR count). The van der Waals surface area contributed by atoms with Gasteiger partial charge in [0.15, 0.2) is 9.84 Å². The van der Waals surface area contributed by atoms with Crippen molar-refractivity contribution in [2.45, 2.75) is 42.0 Å². The van der Waals surface area contributed by atoms with Gasteiger partial charge in [-0.15, -0.1) is 12.4 Å². The highest BCUT2D eigenvalue weighted by atomic mass is 35.5.